The standard InChI is InChI=1S/C15H25NO4/c1-4-8-20-16(19-5-2)11-12(3)9-13-6-7-14(17)15(18)10-13/h6-7,10,12,17-18H,4-5,8-9,11H2,1-3H3. The second kappa shape index (κ2) is 8.79. The van der Waals surface area contributed by atoms with Crippen LogP contribution in [0.4, 0.5) is 0 Å². The summed E-state index contributed by atoms with van der Waals surface area (Å²) in [6, 6.07) is 4.90. The van der Waals surface area contributed by atoms with Gasteiger partial charge in [-0.1, -0.05) is 25.1 Å². The van der Waals surface area contributed by atoms with Crippen molar-refractivity contribution in [2.24, 2.45) is 5.92 Å². The van der Waals surface area contributed by atoms with E-state index in [0.29, 0.717) is 25.7 Å². The van der Waals surface area contributed by atoms with Gasteiger partial charge in [-0.25, -0.2) is 0 Å². The molecule has 0 amide bonds. The molecule has 0 aromatic heterocycles. The van der Waals surface area contributed by atoms with Gasteiger partial charge in [-0.3, -0.25) is 9.68 Å². The van der Waals surface area contributed by atoms with Crippen LogP contribution in [0.3, 0.4) is 0 Å². The molecule has 0 aliphatic rings. The van der Waals surface area contributed by atoms with E-state index in [4.69, 9.17) is 9.68 Å². The van der Waals surface area contributed by atoms with Gasteiger partial charge in [-0.2, -0.15) is 0 Å². The van der Waals surface area contributed by atoms with E-state index >= 15 is 0 Å². The average molecular weight is 283 g/mol. The Morgan fingerprint density at radius 3 is 2.50 bits per heavy atom. The van der Waals surface area contributed by atoms with Crippen LogP contribution >= 0.6 is 0 Å². The van der Waals surface area contributed by atoms with Gasteiger partial charge in [0.25, 0.3) is 0 Å². The Hall–Kier alpha value is -1.30. The minimum Gasteiger partial charge on any atom is -0.504 e. The van der Waals surface area contributed by atoms with Crippen molar-refractivity contribution in [1.29, 1.82) is 0 Å². The Morgan fingerprint density at radius 1 is 1.15 bits per heavy atom. The largest absolute Gasteiger partial charge is 0.504 e. The van der Waals surface area contributed by atoms with Gasteiger partial charge in [0.15, 0.2) is 11.5 Å². The van der Waals surface area contributed by atoms with Crippen LogP contribution in [0, 0.1) is 5.92 Å². The predicted octanol–water partition coefficient (Wildman–Crippen LogP) is 2.87. The van der Waals surface area contributed by atoms with Crippen molar-refractivity contribution < 1.29 is 19.9 Å². The molecule has 0 aliphatic carbocycles. The predicted molar refractivity (Wildman–Crippen MR) is 77.2 cm³/mol. The highest BCUT2D eigenvalue weighted by atomic mass is 16.9. The van der Waals surface area contributed by atoms with Gasteiger partial charge in [0, 0.05) is 0 Å². The van der Waals surface area contributed by atoms with E-state index in [1.807, 2.05) is 19.9 Å². The third kappa shape index (κ3) is 5.77. The summed E-state index contributed by atoms with van der Waals surface area (Å²) in [5.74, 6) is 0.115. The molecule has 0 bridgehead atoms. The van der Waals surface area contributed by atoms with Crippen LogP contribution in [0.1, 0.15) is 32.8 Å². The summed E-state index contributed by atoms with van der Waals surface area (Å²) < 4.78 is 0. The SMILES string of the molecule is CCCON(CC(C)Cc1ccc(O)c(O)c1)OCC. The third-order valence-electron chi connectivity index (χ3n) is 2.80. The van der Waals surface area contributed by atoms with Gasteiger partial charge < -0.3 is 10.2 Å². The molecule has 2 N–H and O–H groups in total. The van der Waals surface area contributed by atoms with Crippen LogP contribution in [-0.4, -0.2) is 35.2 Å². The number of phenols is 2. The Bertz CT molecular complexity index is 397. The zero-order valence-corrected chi connectivity index (χ0v) is 12.5. The number of rotatable bonds is 9. The summed E-state index contributed by atoms with van der Waals surface area (Å²) in [4.78, 5) is 10.9. The highest BCUT2D eigenvalue weighted by Gasteiger charge is 2.13. The maximum absolute atomic E-state index is 9.49. The molecule has 0 fully saturated rings. The zero-order chi connectivity index (χ0) is 15.0. The molecule has 5 nitrogen and oxygen atoms in total. The van der Waals surface area contributed by atoms with Crippen LogP contribution < -0.4 is 0 Å². The molecule has 1 atom stereocenters. The van der Waals surface area contributed by atoms with Crippen LogP contribution in [0.25, 0.3) is 0 Å². The van der Waals surface area contributed by atoms with E-state index in [2.05, 4.69) is 6.92 Å². The van der Waals surface area contributed by atoms with E-state index in [-0.39, 0.29) is 11.5 Å². The molecule has 0 saturated heterocycles. The molecule has 20 heavy (non-hydrogen) atoms. The summed E-state index contributed by atoms with van der Waals surface area (Å²) in [6.07, 6.45) is 1.71. The van der Waals surface area contributed by atoms with Crippen molar-refractivity contribution in [3.05, 3.63) is 23.8 Å². The fourth-order valence-electron chi connectivity index (χ4n) is 1.90. The lowest BCUT2D eigenvalue weighted by Crippen LogP contribution is -2.30. The topological polar surface area (TPSA) is 62.2 Å². The number of benzene rings is 1. The first-order chi connectivity index (χ1) is 9.56. The maximum atomic E-state index is 9.49. The van der Waals surface area contributed by atoms with Crippen LogP contribution in [-0.2, 0) is 16.1 Å². The first-order valence-electron chi connectivity index (χ1n) is 7.11. The first kappa shape index (κ1) is 16.8. The molecular weight excluding hydrogens is 258 g/mol. The van der Waals surface area contributed by atoms with Crippen LogP contribution in [0.5, 0.6) is 11.5 Å². The van der Waals surface area contributed by atoms with Crippen LogP contribution in [0.15, 0.2) is 18.2 Å². The molecule has 1 unspecified atom stereocenters. The van der Waals surface area contributed by atoms with Gasteiger partial charge in [0.2, 0.25) is 0 Å². The number of nitrogens with zero attached hydrogens (tertiary/aromatic N) is 1. The second-order valence-electron chi connectivity index (χ2n) is 4.90. The van der Waals surface area contributed by atoms with E-state index in [0.717, 1.165) is 18.4 Å². The monoisotopic (exact) mass is 283 g/mol. The minimum atomic E-state index is -0.0939. The van der Waals surface area contributed by atoms with Crippen molar-refractivity contribution in [2.75, 3.05) is 19.8 Å². The molecule has 1 rings (SSSR count). The van der Waals surface area contributed by atoms with Crippen molar-refractivity contribution in [3.63, 3.8) is 0 Å². The molecule has 0 aliphatic heterocycles. The van der Waals surface area contributed by atoms with E-state index in [1.54, 1.807) is 6.07 Å². The molecule has 1 aromatic carbocycles. The fourth-order valence-corrected chi connectivity index (χ4v) is 1.90. The molecule has 0 heterocycles. The van der Waals surface area contributed by atoms with Gasteiger partial charge in [-0.15, -0.1) is 0 Å². The van der Waals surface area contributed by atoms with Crippen molar-refractivity contribution >= 4 is 0 Å². The van der Waals surface area contributed by atoms with Crippen LogP contribution in [0.2, 0.25) is 0 Å². The summed E-state index contributed by atoms with van der Waals surface area (Å²) >= 11 is 0. The lowest BCUT2D eigenvalue weighted by molar-refractivity contribution is -0.370. The number of hydrogen-bond acceptors (Lipinski definition) is 5. The summed E-state index contributed by atoms with van der Waals surface area (Å²) in [6.45, 7) is 7.90. The number of phenolic OH excluding ortho intramolecular Hbond substituents is 2. The van der Waals surface area contributed by atoms with Gasteiger partial charge in [-0.05, 0) is 43.4 Å². The minimum absolute atomic E-state index is 0.0846. The number of aromatic hydroxyl groups is 2. The summed E-state index contributed by atoms with van der Waals surface area (Å²) in [5, 5.41) is 20.3. The molecule has 5 heteroatoms. The van der Waals surface area contributed by atoms with Crippen molar-refractivity contribution in [2.45, 2.75) is 33.6 Å². The lowest BCUT2D eigenvalue weighted by Gasteiger charge is -2.23. The zero-order valence-electron chi connectivity index (χ0n) is 12.5. The second-order valence-corrected chi connectivity index (χ2v) is 4.90. The average Bonchev–Trinajstić information content (AvgIpc) is 2.40. The molecular formula is C15H25NO4. The van der Waals surface area contributed by atoms with E-state index < -0.39 is 0 Å². The number of hydroxylamine groups is 2. The van der Waals surface area contributed by atoms with Gasteiger partial charge >= 0.3 is 0 Å². The highest BCUT2D eigenvalue weighted by molar-refractivity contribution is 5.40. The Morgan fingerprint density at radius 2 is 1.90 bits per heavy atom. The summed E-state index contributed by atoms with van der Waals surface area (Å²) in [7, 11) is 0. The van der Waals surface area contributed by atoms with E-state index in [1.165, 1.54) is 11.3 Å². The van der Waals surface area contributed by atoms with Gasteiger partial charge in [0.1, 0.15) is 0 Å². The fraction of sp³-hybridized carbons (Fsp3) is 0.600. The highest BCUT2D eigenvalue weighted by Crippen LogP contribution is 2.26. The molecule has 114 valence electrons. The Labute approximate surface area is 120 Å². The van der Waals surface area contributed by atoms with Gasteiger partial charge in [0.05, 0.1) is 19.8 Å². The third-order valence-corrected chi connectivity index (χ3v) is 2.80. The normalized spacial score (nSPS) is 12.8. The van der Waals surface area contributed by atoms with Crippen molar-refractivity contribution in [3.8, 4) is 11.5 Å². The molecule has 0 spiro atoms. The first-order valence-corrected chi connectivity index (χ1v) is 7.11. The van der Waals surface area contributed by atoms with E-state index in [9.17, 15) is 10.2 Å². The molecule has 1 aromatic rings. The number of hydrogen-bond donors (Lipinski definition) is 2. The Balaban J connectivity index is 2.51. The van der Waals surface area contributed by atoms with Crippen molar-refractivity contribution in [1.82, 2.24) is 5.23 Å². The quantitative estimate of drug-likeness (QED) is 0.539. The molecule has 0 saturated carbocycles. The Kier molecular flexibility index (Phi) is 7.36. The molecule has 0 radical (unpaired) electrons. The lowest BCUT2D eigenvalue weighted by atomic mass is 10.0. The smallest absolute Gasteiger partial charge is 0.157 e. The maximum Gasteiger partial charge on any atom is 0.157 e. The summed E-state index contributed by atoms with van der Waals surface area (Å²) in [5.41, 5.74) is 0.972.